The van der Waals surface area contributed by atoms with Crippen LogP contribution < -0.4 is 10.4 Å². The van der Waals surface area contributed by atoms with Crippen LogP contribution in [-0.2, 0) is 6.18 Å². The molecule has 0 fully saturated rings. The Morgan fingerprint density at radius 3 is 2.29 bits per heavy atom. The average Bonchev–Trinajstić information content (AvgIpc) is 2.56. The van der Waals surface area contributed by atoms with E-state index in [9.17, 15) is 23.4 Å². The molecule has 1 aromatic heterocycles. The number of phenolic OH excluding ortho intramolecular Hbond substituents is 2. The Balaban J connectivity index is 2.23. The van der Waals surface area contributed by atoms with Crippen LogP contribution in [0.3, 0.4) is 0 Å². The molecule has 2 N–H and O–H groups in total. The second-order valence-corrected chi connectivity index (χ2v) is 5.25. The molecule has 3 aromatic rings. The lowest BCUT2D eigenvalue weighted by Crippen LogP contribution is -2.24. The fourth-order valence-corrected chi connectivity index (χ4v) is 2.43. The topological polar surface area (TPSA) is 53.4 Å². The van der Waals surface area contributed by atoms with Crippen LogP contribution >= 0.6 is 0 Å². The van der Waals surface area contributed by atoms with Gasteiger partial charge in [0.05, 0.1) is 5.56 Å². The Hall–Kier alpha value is -3.02. The van der Waals surface area contributed by atoms with Crippen molar-refractivity contribution in [1.82, 2.24) is 4.98 Å². The van der Waals surface area contributed by atoms with Crippen molar-refractivity contribution in [2.45, 2.75) is 6.18 Å². The van der Waals surface area contributed by atoms with E-state index >= 15 is 0 Å². The number of fused-ring (bicyclic) bond motifs is 1. The minimum atomic E-state index is -4.41. The van der Waals surface area contributed by atoms with Crippen molar-refractivity contribution >= 4 is 23.6 Å². The lowest BCUT2D eigenvalue weighted by molar-refractivity contribution is -0.137. The molecule has 3 rings (SSSR count). The van der Waals surface area contributed by atoms with Crippen molar-refractivity contribution in [3.8, 4) is 11.5 Å². The first-order chi connectivity index (χ1) is 11.3. The van der Waals surface area contributed by atoms with Crippen molar-refractivity contribution in [2.75, 3.05) is 0 Å². The number of aromatic nitrogens is 1. The van der Waals surface area contributed by atoms with Crippen LogP contribution in [0, 0.1) is 0 Å². The fraction of sp³-hybridized carbons (Fsp3) is 0.0556. The molecule has 0 bridgehead atoms. The number of rotatable bonds is 1. The number of benzene rings is 2. The van der Waals surface area contributed by atoms with Crippen LogP contribution in [0.15, 0.2) is 42.6 Å². The molecule has 0 atom stereocenters. The van der Waals surface area contributed by atoms with Gasteiger partial charge >= 0.3 is 6.18 Å². The molecule has 0 amide bonds. The standard InChI is InChI=1S/C18H12F3NO2/c1-10-14(9-11-4-6-12(7-5-11)18(19,20)21)17(24)13-3-2-8-22-15(13)16(10)23/h2-9,23-24H,1H2. The third kappa shape index (κ3) is 2.67. The first-order valence-electron chi connectivity index (χ1n) is 6.95. The van der Waals surface area contributed by atoms with Crippen molar-refractivity contribution < 1.29 is 23.4 Å². The summed E-state index contributed by atoms with van der Waals surface area (Å²) in [5.41, 5.74) is -0.111. The quantitative estimate of drug-likeness (QED) is 0.674. The smallest absolute Gasteiger partial charge is 0.416 e. The number of nitrogens with zero attached hydrogens (tertiary/aromatic N) is 1. The number of phenols is 2. The summed E-state index contributed by atoms with van der Waals surface area (Å²) in [6, 6.07) is 7.66. The van der Waals surface area contributed by atoms with Crippen molar-refractivity contribution in [2.24, 2.45) is 0 Å². The predicted octanol–water partition coefficient (Wildman–Crippen LogP) is 2.90. The summed E-state index contributed by atoms with van der Waals surface area (Å²) >= 11 is 0. The number of alkyl halides is 3. The van der Waals surface area contributed by atoms with Crippen molar-refractivity contribution in [3.63, 3.8) is 0 Å². The second kappa shape index (κ2) is 5.56. The molecule has 24 heavy (non-hydrogen) atoms. The highest BCUT2D eigenvalue weighted by molar-refractivity contribution is 5.90. The fourth-order valence-electron chi connectivity index (χ4n) is 2.43. The zero-order valence-corrected chi connectivity index (χ0v) is 12.3. The SMILES string of the molecule is C=c1c(O)c2ncccc2c(O)c1=Cc1ccc(C(F)(F)F)cc1. The van der Waals surface area contributed by atoms with E-state index in [0.717, 1.165) is 12.1 Å². The summed E-state index contributed by atoms with van der Waals surface area (Å²) in [6.07, 6.45) is -1.48. The minimum absolute atomic E-state index is 0.138. The number of aromatic hydroxyl groups is 2. The lowest BCUT2D eigenvalue weighted by Gasteiger charge is -2.07. The van der Waals surface area contributed by atoms with Gasteiger partial charge in [-0.1, -0.05) is 18.7 Å². The summed E-state index contributed by atoms with van der Waals surface area (Å²) in [5, 5.41) is 21.3. The molecule has 0 spiro atoms. The van der Waals surface area contributed by atoms with Gasteiger partial charge in [0.2, 0.25) is 0 Å². The molecule has 0 saturated heterocycles. The summed E-state index contributed by atoms with van der Waals surface area (Å²) in [5.74, 6) is -0.317. The van der Waals surface area contributed by atoms with E-state index in [2.05, 4.69) is 11.6 Å². The normalized spacial score (nSPS) is 12.7. The molecule has 6 heteroatoms. The van der Waals surface area contributed by atoms with Gasteiger partial charge in [-0.3, -0.25) is 4.98 Å². The van der Waals surface area contributed by atoms with Crippen molar-refractivity contribution in [1.29, 1.82) is 0 Å². The van der Waals surface area contributed by atoms with Crippen LogP contribution in [-0.4, -0.2) is 15.2 Å². The molecule has 1 heterocycles. The van der Waals surface area contributed by atoms with E-state index in [1.165, 1.54) is 24.4 Å². The first-order valence-corrected chi connectivity index (χ1v) is 6.95. The summed E-state index contributed by atoms with van der Waals surface area (Å²) in [7, 11) is 0. The molecule has 0 radical (unpaired) electrons. The van der Waals surface area contributed by atoms with Gasteiger partial charge in [0.15, 0.2) is 0 Å². The molecule has 122 valence electrons. The molecule has 0 unspecified atom stereocenters. The Morgan fingerprint density at radius 2 is 1.67 bits per heavy atom. The third-order valence-corrected chi connectivity index (χ3v) is 3.70. The Kier molecular flexibility index (Phi) is 3.67. The summed E-state index contributed by atoms with van der Waals surface area (Å²) in [4.78, 5) is 4.00. The van der Waals surface area contributed by atoms with Crippen LogP contribution in [0.2, 0.25) is 0 Å². The van der Waals surface area contributed by atoms with Crippen LogP contribution in [0.4, 0.5) is 13.2 Å². The highest BCUT2D eigenvalue weighted by Crippen LogP contribution is 2.29. The lowest BCUT2D eigenvalue weighted by atomic mass is 10.1. The number of halogens is 3. The Labute approximate surface area is 134 Å². The summed E-state index contributed by atoms with van der Waals surface area (Å²) < 4.78 is 37.8. The maximum absolute atomic E-state index is 12.6. The molecular formula is C18H12F3NO2. The van der Waals surface area contributed by atoms with Crippen LogP contribution in [0.5, 0.6) is 11.5 Å². The highest BCUT2D eigenvalue weighted by atomic mass is 19.4. The summed E-state index contributed by atoms with van der Waals surface area (Å²) in [6.45, 7) is 3.72. The maximum Gasteiger partial charge on any atom is 0.416 e. The van der Waals surface area contributed by atoms with E-state index in [4.69, 9.17) is 0 Å². The Bertz CT molecular complexity index is 1030. The van der Waals surface area contributed by atoms with Crippen LogP contribution in [0.25, 0.3) is 23.6 Å². The van der Waals surface area contributed by atoms with E-state index in [1.807, 2.05) is 0 Å². The van der Waals surface area contributed by atoms with Gasteiger partial charge in [0.25, 0.3) is 0 Å². The van der Waals surface area contributed by atoms with Gasteiger partial charge in [-0.05, 0) is 35.9 Å². The van der Waals surface area contributed by atoms with Crippen LogP contribution in [0.1, 0.15) is 11.1 Å². The van der Waals surface area contributed by atoms with Gasteiger partial charge in [-0.2, -0.15) is 13.2 Å². The zero-order chi connectivity index (χ0) is 17.5. The molecule has 2 aromatic carbocycles. The van der Waals surface area contributed by atoms with E-state index in [0.29, 0.717) is 10.9 Å². The monoisotopic (exact) mass is 331 g/mol. The predicted molar refractivity (Wildman–Crippen MR) is 84.9 cm³/mol. The van der Waals surface area contributed by atoms with E-state index < -0.39 is 11.7 Å². The van der Waals surface area contributed by atoms with Crippen molar-refractivity contribution in [3.05, 3.63) is 64.2 Å². The van der Waals surface area contributed by atoms with Gasteiger partial charge in [-0.15, -0.1) is 0 Å². The highest BCUT2D eigenvalue weighted by Gasteiger charge is 2.29. The number of hydrogen-bond acceptors (Lipinski definition) is 3. The Morgan fingerprint density at radius 1 is 1.00 bits per heavy atom. The van der Waals surface area contributed by atoms with E-state index in [1.54, 1.807) is 12.1 Å². The molecule has 0 saturated carbocycles. The van der Waals surface area contributed by atoms with Gasteiger partial charge < -0.3 is 10.2 Å². The zero-order valence-electron chi connectivity index (χ0n) is 12.3. The maximum atomic E-state index is 12.6. The molecular weight excluding hydrogens is 319 g/mol. The molecule has 0 aliphatic carbocycles. The minimum Gasteiger partial charge on any atom is -0.507 e. The third-order valence-electron chi connectivity index (χ3n) is 3.70. The number of hydrogen-bond donors (Lipinski definition) is 2. The molecule has 3 nitrogen and oxygen atoms in total. The molecule has 0 aliphatic rings. The van der Waals surface area contributed by atoms with Gasteiger partial charge in [-0.25, -0.2) is 0 Å². The average molecular weight is 331 g/mol. The first kappa shape index (κ1) is 15.9. The van der Waals surface area contributed by atoms with E-state index in [-0.39, 0.29) is 27.5 Å². The van der Waals surface area contributed by atoms with Gasteiger partial charge in [0.1, 0.15) is 17.0 Å². The molecule has 0 aliphatic heterocycles. The largest absolute Gasteiger partial charge is 0.507 e. The van der Waals surface area contributed by atoms with Gasteiger partial charge in [0, 0.05) is 22.0 Å². The second-order valence-electron chi connectivity index (χ2n) is 5.25. The number of pyridine rings is 1.